The Balaban J connectivity index is 1.36. The molecule has 3 aromatic carbocycles. The molecular weight excluding hydrogens is 527 g/mol. The van der Waals surface area contributed by atoms with E-state index in [1.165, 1.54) is 0 Å². The summed E-state index contributed by atoms with van der Waals surface area (Å²) in [5, 5.41) is 1.64. The zero-order valence-electron chi connectivity index (χ0n) is 19.0. The van der Waals surface area contributed by atoms with Crippen LogP contribution in [0.1, 0.15) is 35.6 Å². The molecule has 0 radical (unpaired) electrons. The average molecular weight is 550 g/mol. The van der Waals surface area contributed by atoms with E-state index in [-0.39, 0.29) is 13.2 Å². The van der Waals surface area contributed by atoms with Crippen molar-refractivity contribution >= 4 is 34.8 Å². The van der Waals surface area contributed by atoms with E-state index < -0.39 is 43.3 Å². The van der Waals surface area contributed by atoms with E-state index >= 15 is 0 Å². The number of hydrogen-bond donors (Lipinski definition) is 0. The molecule has 0 saturated carbocycles. The van der Waals surface area contributed by atoms with Gasteiger partial charge in [-0.1, -0.05) is 89.4 Å². The largest absolute Gasteiger partial charge is 0.346 e. The average Bonchev–Trinajstić information content (AvgIpc) is 3.30. The number of hydrogen-bond acceptors (Lipinski definition) is 6. The SMILES string of the molecule is Clc1ccccc1C1O[C@H]2[C@H](O1)[C@H]1COC(c3ccccc3Cl)O[C@H]2COC(c2ccccc2Cl)O1. The van der Waals surface area contributed by atoms with Gasteiger partial charge in [-0.2, -0.15) is 0 Å². The van der Waals surface area contributed by atoms with Gasteiger partial charge in [-0.3, -0.25) is 0 Å². The third-order valence-electron chi connectivity index (χ3n) is 6.52. The van der Waals surface area contributed by atoms with Crippen molar-refractivity contribution in [3.8, 4) is 0 Å². The van der Waals surface area contributed by atoms with Crippen LogP contribution in [0.15, 0.2) is 72.8 Å². The van der Waals surface area contributed by atoms with Crippen LogP contribution in [0, 0.1) is 0 Å². The van der Waals surface area contributed by atoms with Crippen LogP contribution in [0.5, 0.6) is 0 Å². The summed E-state index contributed by atoms with van der Waals surface area (Å²) in [5.41, 5.74) is 2.16. The van der Waals surface area contributed by atoms with Crippen molar-refractivity contribution in [1.29, 1.82) is 0 Å². The summed E-state index contributed by atoms with van der Waals surface area (Å²) in [4.78, 5) is 0. The van der Waals surface area contributed by atoms with Crippen molar-refractivity contribution in [2.75, 3.05) is 13.2 Å². The monoisotopic (exact) mass is 548 g/mol. The third kappa shape index (κ3) is 4.78. The molecule has 0 N–H and O–H groups in total. The summed E-state index contributed by atoms with van der Waals surface area (Å²) in [6, 6.07) is 22.3. The Morgan fingerprint density at radius 2 is 0.833 bits per heavy atom. The van der Waals surface area contributed by atoms with Crippen molar-refractivity contribution in [3.05, 3.63) is 105 Å². The van der Waals surface area contributed by atoms with Gasteiger partial charge in [-0.15, -0.1) is 0 Å². The standard InChI is InChI=1S/C27H23Cl3O6/c28-18-10-4-1-7-15(18)25-31-13-22-24-23(35-27(36-24)17-9-3-6-12-20(17)30)21(33-25)14-32-26(34-22)16-8-2-5-11-19(16)29/h1-12,21-27H,13-14H2/t21-,22+,23-,24-,25?,26?,27?/m1/s1. The second-order valence-electron chi connectivity index (χ2n) is 8.78. The highest BCUT2D eigenvalue weighted by Gasteiger charge is 2.51. The first-order valence-corrected chi connectivity index (χ1v) is 12.8. The van der Waals surface area contributed by atoms with Gasteiger partial charge in [0, 0.05) is 31.8 Å². The molecule has 188 valence electrons. The van der Waals surface area contributed by atoms with Gasteiger partial charge < -0.3 is 28.4 Å². The normalized spacial score (nSPS) is 32.2. The van der Waals surface area contributed by atoms with Crippen LogP contribution in [0.2, 0.25) is 15.1 Å². The van der Waals surface area contributed by atoms with Gasteiger partial charge in [0.2, 0.25) is 0 Å². The molecule has 3 heterocycles. The fourth-order valence-electron chi connectivity index (χ4n) is 4.73. The molecule has 0 spiro atoms. The van der Waals surface area contributed by atoms with Crippen molar-refractivity contribution < 1.29 is 28.4 Å². The molecule has 6 rings (SSSR count). The molecule has 0 aromatic heterocycles. The highest BCUT2D eigenvalue weighted by Crippen LogP contribution is 2.44. The van der Waals surface area contributed by atoms with Crippen LogP contribution < -0.4 is 0 Å². The van der Waals surface area contributed by atoms with E-state index in [1.807, 2.05) is 54.6 Å². The lowest BCUT2D eigenvalue weighted by molar-refractivity contribution is -0.304. The molecule has 6 nitrogen and oxygen atoms in total. The van der Waals surface area contributed by atoms with Crippen molar-refractivity contribution in [1.82, 2.24) is 0 Å². The maximum atomic E-state index is 6.47. The molecule has 3 aliphatic rings. The zero-order chi connectivity index (χ0) is 24.6. The van der Waals surface area contributed by atoms with E-state index in [0.29, 0.717) is 26.2 Å². The lowest BCUT2D eigenvalue weighted by atomic mass is 10.0. The second-order valence-corrected chi connectivity index (χ2v) is 10.00. The second kappa shape index (κ2) is 10.6. The Labute approximate surface area is 223 Å². The van der Waals surface area contributed by atoms with Gasteiger partial charge in [0.25, 0.3) is 0 Å². The first-order valence-electron chi connectivity index (χ1n) is 11.7. The summed E-state index contributed by atoms with van der Waals surface area (Å²) in [5.74, 6) is 0. The molecule has 0 aliphatic carbocycles. The van der Waals surface area contributed by atoms with E-state index in [9.17, 15) is 0 Å². The van der Waals surface area contributed by atoms with Crippen LogP contribution in [-0.4, -0.2) is 37.6 Å². The summed E-state index contributed by atoms with van der Waals surface area (Å²) < 4.78 is 38.2. The molecule has 7 atom stereocenters. The van der Waals surface area contributed by atoms with Gasteiger partial charge >= 0.3 is 0 Å². The molecule has 0 amide bonds. The highest BCUT2D eigenvalue weighted by molar-refractivity contribution is 6.32. The summed E-state index contributed by atoms with van der Waals surface area (Å²) >= 11 is 19.4. The highest BCUT2D eigenvalue weighted by atomic mass is 35.5. The molecule has 3 aliphatic heterocycles. The topological polar surface area (TPSA) is 55.4 Å². The summed E-state index contributed by atoms with van der Waals surface area (Å²) in [6.45, 7) is 0.291. The summed E-state index contributed by atoms with van der Waals surface area (Å²) in [6.07, 6.45) is -4.28. The molecule has 2 bridgehead atoms. The van der Waals surface area contributed by atoms with Gasteiger partial charge in [0.15, 0.2) is 18.9 Å². The van der Waals surface area contributed by atoms with E-state index in [1.54, 1.807) is 18.2 Å². The van der Waals surface area contributed by atoms with Gasteiger partial charge in [0.1, 0.15) is 24.4 Å². The van der Waals surface area contributed by atoms with E-state index in [2.05, 4.69) is 0 Å². The van der Waals surface area contributed by atoms with Crippen LogP contribution >= 0.6 is 34.8 Å². The van der Waals surface area contributed by atoms with Crippen molar-refractivity contribution in [3.63, 3.8) is 0 Å². The van der Waals surface area contributed by atoms with Crippen molar-refractivity contribution in [2.24, 2.45) is 0 Å². The molecule has 9 heteroatoms. The van der Waals surface area contributed by atoms with Gasteiger partial charge in [-0.05, 0) is 18.2 Å². The van der Waals surface area contributed by atoms with Crippen LogP contribution in [0.3, 0.4) is 0 Å². The smallest absolute Gasteiger partial charge is 0.186 e. The number of ether oxygens (including phenoxy) is 6. The molecule has 36 heavy (non-hydrogen) atoms. The predicted octanol–water partition coefficient (Wildman–Crippen LogP) is 6.66. The molecule has 3 unspecified atom stereocenters. The molecular formula is C27H23Cl3O6. The molecule has 3 fully saturated rings. The lowest BCUT2D eigenvalue weighted by Crippen LogP contribution is -2.53. The van der Waals surface area contributed by atoms with E-state index in [4.69, 9.17) is 63.2 Å². The van der Waals surface area contributed by atoms with E-state index in [0.717, 1.165) is 5.56 Å². The fraction of sp³-hybridized carbons (Fsp3) is 0.333. The maximum absolute atomic E-state index is 6.47. The Hall–Kier alpha value is -1.71. The minimum atomic E-state index is -0.737. The maximum Gasteiger partial charge on any atom is 0.186 e. The molecule has 3 aromatic rings. The third-order valence-corrected chi connectivity index (χ3v) is 7.55. The summed E-state index contributed by atoms with van der Waals surface area (Å²) in [7, 11) is 0. The zero-order valence-corrected chi connectivity index (χ0v) is 21.2. The first-order chi connectivity index (χ1) is 17.6. The Morgan fingerprint density at radius 1 is 0.472 bits per heavy atom. The van der Waals surface area contributed by atoms with Crippen LogP contribution in [0.4, 0.5) is 0 Å². The first kappa shape index (κ1) is 24.6. The lowest BCUT2D eigenvalue weighted by Gasteiger charge is -2.41. The number of halogens is 3. The Kier molecular flexibility index (Phi) is 7.23. The van der Waals surface area contributed by atoms with Crippen LogP contribution in [-0.2, 0) is 28.4 Å². The number of rotatable bonds is 3. The minimum absolute atomic E-state index is 0.146. The Morgan fingerprint density at radius 3 is 1.22 bits per heavy atom. The van der Waals surface area contributed by atoms with Gasteiger partial charge in [-0.25, -0.2) is 0 Å². The fourth-order valence-corrected chi connectivity index (χ4v) is 5.40. The van der Waals surface area contributed by atoms with Crippen LogP contribution in [0.25, 0.3) is 0 Å². The predicted molar refractivity (Wildman–Crippen MR) is 134 cm³/mol. The van der Waals surface area contributed by atoms with Crippen molar-refractivity contribution in [2.45, 2.75) is 43.3 Å². The quantitative estimate of drug-likeness (QED) is 0.364. The Bertz CT molecular complexity index is 1150. The van der Waals surface area contributed by atoms with Gasteiger partial charge in [0.05, 0.1) is 13.2 Å². The minimum Gasteiger partial charge on any atom is -0.346 e. The molecule has 3 saturated heterocycles. The number of benzene rings is 3.